The van der Waals surface area contributed by atoms with Crippen molar-refractivity contribution in [1.29, 1.82) is 0 Å². The Bertz CT molecular complexity index is 674. The molecule has 110 valence electrons. The zero-order valence-electron chi connectivity index (χ0n) is 12.4. The largest absolute Gasteiger partial charge is 0.478 e. The average molecular weight is 284 g/mol. The van der Waals surface area contributed by atoms with E-state index in [0.717, 1.165) is 29.7 Å². The van der Waals surface area contributed by atoms with Crippen molar-refractivity contribution in [3.8, 4) is 0 Å². The molecule has 0 radical (unpaired) electrons. The molecule has 1 aliphatic rings. The molecule has 4 nitrogen and oxygen atoms in total. The Morgan fingerprint density at radius 2 is 1.90 bits per heavy atom. The standard InChI is InChI=1S/C17H20N2O2/c1-11-7-12(2)10-19(9-11)16-13-5-3-4-6-15(13)18-8-14(16)17(20)21/h3-6,8,11-12H,7,9-10H2,1-2H3,(H,20,21). The summed E-state index contributed by atoms with van der Waals surface area (Å²) in [5, 5.41) is 10.5. The normalized spacial score (nSPS) is 22.5. The maximum Gasteiger partial charge on any atom is 0.339 e. The second kappa shape index (κ2) is 5.35. The zero-order chi connectivity index (χ0) is 15.0. The number of aromatic carboxylic acids is 1. The number of hydrogen-bond donors (Lipinski definition) is 1. The zero-order valence-corrected chi connectivity index (χ0v) is 12.4. The first-order valence-electron chi connectivity index (χ1n) is 7.42. The summed E-state index contributed by atoms with van der Waals surface area (Å²) in [5.41, 5.74) is 1.98. The lowest BCUT2D eigenvalue weighted by Crippen LogP contribution is -2.39. The number of piperidine rings is 1. The molecule has 2 atom stereocenters. The number of carbonyl (C=O) groups is 1. The van der Waals surface area contributed by atoms with Crippen LogP contribution in [0, 0.1) is 11.8 Å². The molecule has 1 fully saturated rings. The highest BCUT2D eigenvalue weighted by molar-refractivity contribution is 6.04. The van der Waals surface area contributed by atoms with Gasteiger partial charge in [-0.3, -0.25) is 4.98 Å². The Kier molecular flexibility index (Phi) is 3.53. The van der Waals surface area contributed by atoms with Crippen molar-refractivity contribution in [2.75, 3.05) is 18.0 Å². The molecule has 1 aromatic carbocycles. The maximum atomic E-state index is 11.6. The van der Waals surface area contributed by atoms with Gasteiger partial charge in [-0.1, -0.05) is 32.0 Å². The van der Waals surface area contributed by atoms with E-state index in [-0.39, 0.29) is 0 Å². The van der Waals surface area contributed by atoms with Crippen molar-refractivity contribution < 1.29 is 9.90 Å². The number of hydrogen-bond acceptors (Lipinski definition) is 3. The van der Waals surface area contributed by atoms with Gasteiger partial charge in [0.1, 0.15) is 5.56 Å². The quantitative estimate of drug-likeness (QED) is 0.918. The van der Waals surface area contributed by atoms with Gasteiger partial charge in [0.2, 0.25) is 0 Å². The maximum absolute atomic E-state index is 11.6. The summed E-state index contributed by atoms with van der Waals surface area (Å²) < 4.78 is 0. The molecule has 0 bridgehead atoms. The van der Waals surface area contributed by atoms with Crippen LogP contribution in [0.4, 0.5) is 5.69 Å². The van der Waals surface area contributed by atoms with E-state index in [1.807, 2.05) is 24.3 Å². The number of fused-ring (bicyclic) bond motifs is 1. The van der Waals surface area contributed by atoms with Gasteiger partial charge >= 0.3 is 5.97 Å². The fourth-order valence-electron chi connectivity index (χ4n) is 3.47. The SMILES string of the molecule is CC1CC(C)CN(c2c(C(=O)O)cnc3ccccc23)C1. The Balaban J connectivity index is 2.18. The minimum Gasteiger partial charge on any atom is -0.478 e. The molecule has 4 heteroatoms. The van der Waals surface area contributed by atoms with Gasteiger partial charge in [0.25, 0.3) is 0 Å². The number of carboxylic acid groups (broad SMARTS) is 1. The van der Waals surface area contributed by atoms with Crippen LogP contribution in [0.15, 0.2) is 30.5 Å². The van der Waals surface area contributed by atoms with Crippen LogP contribution in [0.5, 0.6) is 0 Å². The lowest BCUT2D eigenvalue weighted by atomic mass is 9.91. The topological polar surface area (TPSA) is 53.4 Å². The highest BCUT2D eigenvalue weighted by Gasteiger charge is 2.26. The molecule has 21 heavy (non-hydrogen) atoms. The minimum absolute atomic E-state index is 0.301. The second-order valence-corrected chi connectivity index (χ2v) is 6.19. The van der Waals surface area contributed by atoms with Crippen LogP contribution in [-0.2, 0) is 0 Å². The van der Waals surface area contributed by atoms with E-state index in [9.17, 15) is 9.90 Å². The molecule has 0 spiro atoms. The highest BCUT2D eigenvalue weighted by Crippen LogP contribution is 2.34. The summed E-state index contributed by atoms with van der Waals surface area (Å²) in [6.07, 6.45) is 2.69. The molecule has 0 amide bonds. The number of carboxylic acids is 1. The molecule has 1 N–H and O–H groups in total. The molecule has 1 saturated heterocycles. The van der Waals surface area contributed by atoms with Crippen LogP contribution in [0.1, 0.15) is 30.6 Å². The second-order valence-electron chi connectivity index (χ2n) is 6.19. The molecule has 2 aromatic rings. The van der Waals surface area contributed by atoms with Crippen LogP contribution in [0.3, 0.4) is 0 Å². The van der Waals surface area contributed by atoms with E-state index in [1.54, 1.807) is 0 Å². The van der Waals surface area contributed by atoms with Gasteiger partial charge in [0.15, 0.2) is 0 Å². The fraction of sp³-hybridized carbons (Fsp3) is 0.412. The van der Waals surface area contributed by atoms with Crippen LogP contribution in [0.2, 0.25) is 0 Å². The summed E-state index contributed by atoms with van der Waals surface area (Å²) in [6, 6.07) is 7.77. The van der Waals surface area contributed by atoms with Crippen molar-refractivity contribution in [2.45, 2.75) is 20.3 Å². The van der Waals surface area contributed by atoms with E-state index in [1.165, 1.54) is 12.6 Å². The van der Waals surface area contributed by atoms with Gasteiger partial charge < -0.3 is 10.0 Å². The predicted octanol–water partition coefficient (Wildman–Crippen LogP) is 3.42. The van der Waals surface area contributed by atoms with Crippen molar-refractivity contribution >= 4 is 22.6 Å². The Morgan fingerprint density at radius 3 is 2.57 bits per heavy atom. The summed E-state index contributed by atoms with van der Waals surface area (Å²) in [6.45, 7) is 6.26. The summed E-state index contributed by atoms with van der Waals surface area (Å²) in [7, 11) is 0. The third-order valence-corrected chi connectivity index (χ3v) is 4.16. The lowest BCUT2D eigenvalue weighted by Gasteiger charge is -2.37. The molecule has 0 aliphatic carbocycles. The van der Waals surface area contributed by atoms with Crippen molar-refractivity contribution in [3.05, 3.63) is 36.0 Å². The van der Waals surface area contributed by atoms with Crippen LogP contribution >= 0.6 is 0 Å². The summed E-state index contributed by atoms with van der Waals surface area (Å²) in [4.78, 5) is 18.1. The van der Waals surface area contributed by atoms with Gasteiger partial charge in [-0.05, 0) is 24.3 Å². The number of aromatic nitrogens is 1. The Labute approximate surface area is 124 Å². The summed E-state index contributed by atoms with van der Waals surface area (Å²) in [5.74, 6) is 0.235. The van der Waals surface area contributed by atoms with E-state index in [4.69, 9.17) is 0 Å². The number of rotatable bonds is 2. The average Bonchev–Trinajstić information content (AvgIpc) is 2.44. The van der Waals surface area contributed by atoms with Gasteiger partial charge in [0.05, 0.1) is 11.2 Å². The van der Waals surface area contributed by atoms with E-state index >= 15 is 0 Å². The molecule has 0 saturated carbocycles. The van der Waals surface area contributed by atoms with Gasteiger partial charge in [0, 0.05) is 24.7 Å². The molecular formula is C17H20N2O2. The van der Waals surface area contributed by atoms with E-state index in [0.29, 0.717) is 17.4 Å². The number of anilines is 1. The third-order valence-electron chi connectivity index (χ3n) is 4.16. The number of benzene rings is 1. The van der Waals surface area contributed by atoms with Crippen LogP contribution in [-0.4, -0.2) is 29.1 Å². The van der Waals surface area contributed by atoms with Crippen LogP contribution in [0.25, 0.3) is 10.9 Å². The van der Waals surface area contributed by atoms with E-state index in [2.05, 4.69) is 23.7 Å². The van der Waals surface area contributed by atoms with Crippen LogP contribution < -0.4 is 4.90 Å². The molecule has 1 aliphatic heterocycles. The highest BCUT2D eigenvalue weighted by atomic mass is 16.4. The smallest absolute Gasteiger partial charge is 0.339 e. The minimum atomic E-state index is -0.908. The van der Waals surface area contributed by atoms with Gasteiger partial charge in [-0.25, -0.2) is 4.79 Å². The van der Waals surface area contributed by atoms with Gasteiger partial charge in [-0.15, -0.1) is 0 Å². The van der Waals surface area contributed by atoms with Crippen molar-refractivity contribution in [3.63, 3.8) is 0 Å². The third kappa shape index (κ3) is 2.58. The summed E-state index contributed by atoms with van der Waals surface area (Å²) >= 11 is 0. The number of pyridine rings is 1. The molecule has 1 aromatic heterocycles. The fourth-order valence-corrected chi connectivity index (χ4v) is 3.47. The van der Waals surface area contributed by atoms with Gasteiger partial charge in [-0.2, -0.15) is 0 Å². The molecule has 3 rings (SSSR count). The number of nitrogens with zero attached hydrogens (tertiary/aromatic N) is 2. The monoisotopic (exact) mass is 284 g/mol. The first-order valence-corrected chi connectivity index (χ1v) is 7.42. The lowest BCUT2D eigenvalue weighted by molar-refractivity contribution is 0.0697. The van der Waals surface area contributed by atoms with Crippen molar-refractivity contribution in [2.24, 2.45) is 11.8 Å². The first-order chi connectivity index (χ1) is 10.1. The Hall–Kier alpha value is -2.10. The molecule has 2 heterocycles. The van der Waals surface area contributed by atoms with E-state index < -0.39 is 5.97 Å². The Morgan fingerprint density at radius 1 is 1.24 bits per heavy atom. The predicted molar refractivity (Wildman–Crippen MR) is 83.9 cm³/mol. The first kappa shape index (κ1) is 13.9. The molecule has 2 unspecified atom stereocenters. The van der Waals surface area contributed by atoms with Crippen molar-refractivity contribution in [1.82, 2.24) is 4.98 Å². The molecular weight excluding hydrogens is 264 g/mol. The number of para-hydroxylation sites is 1.